The van der Waals surface area contributed by atoms with Gasteiger partial charge in [-0.25, -0.2) is 4.39 Å². The van der Waals surface area contributed by atoms with E-state index in [4.69, 9.17) is 23.2 Å². The van der Waals surface area contributed by atoms with E-state index in [0.29, 0.717) is 23.1 Å². The van der Waals surface area contributed by atoms with Crippen molar-refractivity contribution in [2.75, 3.05) is 39.8 Å². The molecule has 8 heteroatoms. The Hall–Kier alpha value is -2.15. The molecule has 0 N–H and O–H groups in total. The highest BCUT2D eigenvalue weighted by Crippen LogP contribution is 2.37. The fraction of sp³-hybridized carbons (Fsp3) is 0.533. The molecule has 2 aliphatic heterocycles. The monoisotopic (exact) mass is 559 g/mol. The van der Waals surface area contributed by atoms with Crippen LogP contribution in [0.3, 0.4) is 0 Å². The van der Waals surface area contributed by atoms with Crippen LogP contribution in [0.4, 0.5) is 4.39 Å². The first-order valence-electron chi connectivity index (χ1n) is 13.7. The Morgan fingerprint density at radius 3 is 2.32 bits per heavy atom. The maximum absolute atomic E-state index is 13.7. The van der Waals surface area contributed by atoms with Crippen LogP contribution in [0.25, 0.3) is 0 Å². The molecule has 0 bridgehead atoms. The number of carbonyl (C=O) groups is 2. The lowest BCUT2D eigenvalue weighted by atomic mass is 9.92. The van der Waals surface area contributed by atoms with Crippen molar-refractivity contribution >= 4 is 35.0 Å². The first-order valence-corrected chi connectivity index (χ1v) is 14.4. The fourth-order valence-electron chi connectivity index (χ4n) is 6.08. The highest BCUT2D eigenvalue weighted by molar-refractivity contribution is 6.42. The van der Waals surface area contributed by atoms with Crippen molar-refractivity contribution in [2.45, 2.75) is 50.5 Å². The van der Waals surface area contributed by atoms with Crippen molar-refractivity contribution < 1.29 is 14.0 Å². The molecular formula is C30H36Cl2FN3O2. The lowest BCUT2D eigenvalue weighted by molar-refractivity contribution is -0.137. The topological polar surface area (TPSA) is 43.9 Å². The number of nitrogens with zero attached hydrogens (tertiary/aromatic N) is 3. The van der Waals surface area contributed by atoms with Gasteiger partial charge < -0.3 is 14.7 Å². The molecule has 2 aromatic carbocycles. The van der Waals surface area contributed by atoms with Crippen LogP contribution in [0.2, 0.25) is 10.0 Å². The normalized spacial score (nSPS) is 23.4. The second-order valence-electron chi connectivity index (χ2n) is 11.3. The van der Waals surface area contributed by atoms with Gasteiger partial charge in [-0.1, -0.05) is 41.4 Å². The largest absolute Gasteiger partial charge is 0.340 e. The minimum absolute atomic E-state index is 0.0257. The molecule has 0 aromatic heterocycles. The van der Waals surface area contributed by atoms with Crippen molar-refractivity contribution in [1.29, 1.82) is 0 Å². The molecule has 1 saturated carbocycles. The predicted molar refractivity (Wildman–Crippen MR) is 149 cm³/mol. The molecule has 2 heterocycles. The summed E-state index contributed by atoms with van der Waals surface area (Å²) in [6.07, 6.45) is 4.47. The van der Waals surface area contributed by atoms with Gasteiger partial charge in [-0.05, 0) is 87.0 Å². The lowest BCUT2D eigenvalue weighted by Gasteiger charge is -2.33. The summed E-state index contributed by atoms with van der Waals surface area (Å²) < 4.78 is 13.5. The zero-order chi connectivity index (χ0) is 27.0. The van der Waals surface area contributed by atoms with Crippen LogP contribution < -0.4 is 0 Å². The van der Waals surface area contributed by atoms with Crippen LogP contribution in [0, 0.1) is 17.7 Å². The molecule has 1 aliphatic carbocycles. The van der Waals surface area contributed by atoms with Crippen molar-refractivity contribution in [2.24, 2.45) is 11.8 Å². The number of piperidine rings is 1. The van der Waals surface area contributed by atoms with Gasteiger partial charge in [0.25, 0.3) is 0 Å². The summed E-state index contributed by atoms with van der Waals surface area (Å²) in [4.78, 5) is 33.5. The summed E-state index contributed by atoms with van der Waals surface area (Å²) >= 11 is 12.6. The molecular weight excluding hydrogens is 524 g/mol. The summed E-state index contributed by atoms with van der Waals surface area (Å²) in [7, 11) is 1.81. The van der Waals surface area contributed by atoms with Crippen molar-refractivity contribution in [1.82, 2.24) is 14.7 Å². The number of carbonyl (C=O) groups excluding carboxylic acids is 2. The maximum Gasteiger partial charge on any atom is 0.229 e. The number of rotatable bonds is 7. The van der Waals surface area contributed by atoms with Gasteiger partial charge >= 0.3 is 0 Å². The van der Waals surface area contributed by atoms with Crippen LogP contribution in [-0.2, 0) is 9.59 Å². The standard InChI is InChI=1S/C30H36Cl2FN3O2/c1-19(21-5-8-24(33)9-6-21)29(37)34(2)28-18-36(17-25(28)23-7-10-26(31)27(32)15-23)30(38)22-11-13-35(14-12-22)16-20-3-4-20/h5-10,15,19-20,22,25,28H,3-4,11-14,16-18H2,1-2H3. The van der Waals surface area contributed by atoms with Crippen molar-refractivity contribution in [3.05, 3.63) is 69.5 Å². The van der Waals surface area contributed by atoms with Crippen molar-refractivity contribution in [3.63, 3.8) is 0 Å². The van der Waals surface area contributed by atoms with Crippen LogP contribution >= 0.6 is 23.2 Å². The molecule has 2 amide bonds. The fourth-order valence-corrected chi connectivity index (χ4v) is 6.39. The number of hydrogen-bond donors (Lipinski definition) is 0. The number of likely N-dealkylation sites (N-methyl/N-ethyl adjacent to an activating group) is 1. The van der Waals surface area contributed by atoms with Crippen LogP contribution in [0.1, 0.15) is 55.6 Å². The summed E-state index contributed by atoms with van der Waals surface area (Å²) in [5.41, 5.74) is 1.73. The predicted octanol–water partition coefficient (Wildman–Crippen LogP) is 5.81. The Kier molecular flexibility index (Phi) is 8.32. The Morgan fingerprint density at radius 2 is 1.68 bits per heavy atom. The van der Waals surface area contributed by atoms with Crippen LogP contribution in [-0.4, -0.2) is 72.3 Å². The van der Waals surface area contributed by atoms with E-state index in [2.05, 4.69) is 4.90 Å². The number of likely N-dealkylation sites (tertiary alicyclic amines) is 2. The van der Waals surface area contributed by atoms with Gasteiger partial charge in [-0.2, -0.15) is 0 Å². The van der Waals surface area contributed by atoms with E-state index in [9.17, 15) is 14.0 Å². The Labute approximate surface area is 234 Å². The van der Waals surface area contributed by atoms with E-state index < -0.39 is 5.92 Å². The zero-order valence-electron chi connectivity index (χ0n) is 22.1. The molecule has 3 fully saturated rings. The van der Waals surface area contributed by atoms with Gasteiger partial charge in [-0.15, -0.1) is 0 Å². The molecule has 0 radical (unpaired) electrons. The summed E-state index contributed by atoms with van der Waals surface area (Å²) in [5, 5.41) is 0.939. The molecule has 2 aromatic rings. The van der Waals surface area contributed by atoms with Gasteiger partial charge in [0.05, 0.1) is 22.0 Å². The molecule has 3 unspecified atom stereocenters. The summed E-state index contributed by atoms with van der Waals surface area (Å²) in [6.45, 7) is 5.98. The van der Waals surface area contributed by atoms with E-state index in [1.807, 2.05) is 31.0 Å². The third-order valence-corrected chi connectivity index (χ3v) is 9.45. The second-order valence-corrected chi connectivity index (χ2v) is 12.1. The minimum Gasteiger partial charge on any atom is -0.340 e. The lowest BCUT2D eigenvalue weighted by Crippen LogP contribution is -2.45. The Balaban J connectivity index is 1.32. The van der Waals surface area contributed by atoms with Gasteiger partial charge in [0.15, 0.2) is 0 Å². The Bertz CT molecular complexity index is 1160. The average Bonchev–Trinajstić information content (AvgIpc) is 3.63. The molecule has 3 aliphatic rings. The van der Waals surface area contributed by atoms with Gasteiger partial charge in [0.2, 0.25) is 11.8 Å². The third-order valence-electron chi connectivity index (χ3n) is 8.71. The molecule has 2 saturated heterocycles. The molecule has 5 rings (SSSR count). The number of halogens is 3. The number of amides is 2. The quantitative estimate of drug-likeness (QED) is 0.430. The highest BCUT2D eigenvalue weighted by atomic mass is 35.5. The van der Waals surface area contributed by atoms with E-state index in [1.165, 1.54) is 31.5 Å². The van der Waals surface area contributed by atoms with Crippen molar-refractivity contribution in [3.8, 4) is 0 Å². The van der Waals surface area contributed by atoms with Gasteiger partial charge in [0, 0.05) is 38.5 Å². The third kappa shape index (κ3) is 6.03. The minimum atomic E-state index is -0.435. The van der Waals surface area contributed by atoms with E-state index in [0.717, 1.165) is 43.0 Å². The molecule has 3 atom stereocenters. The van der Waals surface area contributed by atoms with E-state index in [-0.39, 0.29) is 35.5 Å². The summed E-state index contributed by atoms with van der Waals surface area (Å²) in [6, 6.07) is 11.4. The van der Waals surface area contributed by atoms with Crippen LogP contribution in [0.5, 0.6) is 0 Å². The number of hydrogen-bond acceptors (Lipinski definition) is 3. The smallest absolute Gasteiger partial charge is 0.229 e. The Morgan fingerprint density at radius 1 is 1.00 bits per heavy atom. The van der Waals surface area contributed by atoms with Crippen LogP contribution in [0.15, 0.2) is 42.5 Å². The summed E-state index contributed by atoms with van der Waals surface area (Å²) in [5.74, 6) is 0.167. The first-order chi connectivity index (χ1) is 18.2. The average molecular weight is 561 g/mol. The SMILES string of the molecule is CC(C(=O)N(C)C1CN(C(=O)C2CCN(CC3CC3)CC2)CC1c1ccc(Cl)c(Cl)c1)c1ccc(F)cc1. The molecule has 0 spiro atoms. The van der Waals surface area contributed by atoms with E-state index >= 15 is 0 Å². The number of benzene rings is 2. The maximum atomic E-state index is 13.7. The van der Waals surface area contributed by atoms with Gasteiger partial charge in [-0.3, -0.25) is 9.59 Å². The molecule has 5 nitrogen and oxygen atoms in total. The first kappa shape index (κ1) is 27.4. The molecule has 204 valence electrons. The molecule has 38 heavy (non-hydrogen) atoms. The van der Waals surface area contributed by atoms with E-state index in [1.54, 1.807) is 23.1 Å². The zero-order valence-corrected chi connectivity index (χ0v) is 23.6. The van der Waals surface area contributed by atoms with Gasteiger partial charge in [0.1, 0.15) is 5.82 Å². The second kappa shape index (κ2) is 11.5. The highest BCUT2D eigenvalue weighted by Gasteiger charge is 2.43.